The first-order valence-corrected chi connectivity index (χ1v) is 6.30. The van der Waals surface area contributed by atoms with Crippen LogP contribution in [-0.2, 0) is 9.53 Å². The number of carboxylic acids is 1. The molecule has 0 aromatic rings. The Balaban J connectivity index is 2.34. The third kappa shape index (κ3) is 4.18. The van der Waals surface area contributed by atoms with Gasteiger partial charge in [0.25, 0.3) is 0 Å². The van der Waals surface area contributed by atoms with Crippen LogP contribution in [-0.4, -0.2) is 42.4 Å². The number of hydrogen-bond donors (Lipinski definition) is 3. The van der Waals surface area contributed by atoms with Gasteiger partial charge in [-0.1, -0.05) is 13.8 Å². The second kappa shape index (κ2) is 6.58. The standard InChI is InChI=1S/C12H22N2O4/c1-7(2)10(11(15)16)14-12(17)13-6-9-4-5-18-8(9)3/h7-10H,4-6H2,1-3H3,(H,15,16)(H2,13,14,17)/t8?,9?,10-/m1/s1. The molecule has 2 amide bonds. The molecule has 1 aliphatic heterocycles. The molecular weight excluding hydrogens is 236 g/mol. The molecule has 6 heteroatoms. The molecule has 0 aromatic carbocycles. The Labute approximate surface area is 107 Å². The van der Waals surface area contributed by atoms with Crippen molar-refractivity contribution >= 4 is 12.0 Å². The molecule has 1 rings (SSSR count). The summed E-state index contributed by atoms with van der Waals surface area (Å²) in [5, 5.41) is 14.1. The SMILES string of the molecule is CC1OCCC1CNC(=O)N[C@@H](C(=O)O)C(C)C. The lowest BCUT2D eigenvalue weighted by molar-refractivity contribution is -0.140. The second-order valence-electron chi connectivity index (χ2n) is 5.04. The lowest BCUT2D eigenvalue weighted by Gasteiger charge is -2.20. The third-order valence-corrected chi connectivity index (χ3v) is 3.28. The average Bonchev–Trinajstić information content (AvgIpc) is 2.68. The number of urea groups is 1. The van der Waals surface area contributed by atoms with Crippen molar-refractivity contribution in [3.05, 3.63) is 0 Å². The Morgan fingerprint density at radius 3 is 2.56 bits per heavy atom. The van der Waals surface area contributed by atoms with Crippen molar-refractivity contribution < 1.29 is 19.4 Å². The summed E-state index contributed by atoms with van der Waals surface area (Å²) >= 11 is 0. The molecule has 1 fully saturated rings. The third-order valence-electron chi connectivity index (χ3n) is 3.28. The van der Waals surface area contributed by atoms with Crippen LogP contribution in [0.15, 0.2) is 0 Å². The van der Waals surface area contributed by atoms with E-state index in [0.717, 1.165) is 13.0 Å². The molecular formula is C12H22N2O4. The fraction of sp³-hybridized carbons (Fsp3) is 0.833. The maximum atomic E-state index is 11.6. The van der Waals surface area contributed by atoms with E-state index in [-0.39, 0.29) is 12.0 Å². The van der Waals surface area contributed by atoms with E-state index in [1.165, 1.54) is 0 Å². The Kier molecular flexibility index (Phi) is 5.40. The Bertz CT molecular complexity index is 306. The first kappa shape index (κ1) is 14.8. The van der Waals surface area contributed by atoms with Crippen LogP contribution in [0.5, 0.6) is 0 Å². The average molecular weight is 258 g/mol. The number of carbonyl (C=O) groups excluding carboxylic acids is 1. The fourth-order valence-electron chi connectivity index (χ4n) is 1.97. The maximum absolute atomic E-state index is 11.6. The number of amides is 2. The molecule has 0 radical (unpaired) electrons. The van der Waals surface area contributed by atoms with Gasteiger partial charge < -0.3 is 20.5 Å². The molecule has 1 saturated heterocycles. The molecule has 104 valence electrons. The van der Waals surface area contributed by atoms with Gasteiger partial charge in [-0.2, -0.15) is 0 Å². The smallest absolute Gasteiger partial charge is 0.326 e. The summed E-state index contributed by atoms with van der Waals surface area (Å²) < 4.78 is 5.39. The molecule has 6 nitrogen and oxygen atoms in total. The number of rotatable bonds is 5. The summed E-state index contributed by atoms with van der Waals surface area (Å²) in [7, 11) is 0. The monoisotopic (exact) mass is 258 g/mol. The van der Waals surface area contributed by atoms with Crippen LogP contribution in [0.2, 0.25) is 0 Å². The summed E-state index contributed by atoms with van der Waals surface area (Å²) in [6.45, 7) is 6.72. The molecule has 3 N–H and O–H groups in total. The van der Waals surface area contributed by atoms with Crippen LogP contribution in [0.1, 0.15) is 27.2 Å². The van der Waals surface area contributed by atoms with Crippen molar-refractivity contribution in [2.45, 2.75) is 39.3 Å². The zero-order valence-corrected chi connectivity index (χ0v) is 11.1. The fourth-order valence-corrected chi connectivity index (χ4v) is 1.97. The second-order valence-corrected chi connectivity index (χ2v) is 5.04. The van der Waals surface area contributed by atoms with E-state index >= 15 is 0 Å². The van der Waals surface area contributed by atoms with Crippen LogP contribution in [0.3, 0.4) is 0 Å². The predicted octanol–water partition coefficient (Wildman–Crippen LogP) is 0.820. The minimum atomic E-state index is -1.02. The number of carboxylic acid groups (broad SMARTS) is 1. The molecule has 0 aliphatic carbocycles. The number of ether oxygens (including phenoxy) is 1. The zero-order valence-electron chi connectivity index (χ0n) is 11.1. The van der Waals surface area contributed by atoms with E-state index in [9.17, 15) is 9.59 Å². The Morgan fingerprint density at radius 2 is 2.11 bits per heavy atom. The van der Waals surface area contributed by atoms with E-state index in [1.807, 2.05) is 6.92 Å². The summed E-state index contributed by atoms with van der Waals surface area (Å²) in [5.74, 6) is -0.863. The van der Waals surface area contributed by atoms with E-state index < -0.39 is 18.0 Å². The van der Waals surface area contributed by atoms with Crippen LogP contribution in [0.25, 0.3) is 0 Å². The van der Waals surface area contributed by atoms with Crippen molar-refractivity contribution in [1.82, 2.24) is 10.6 Å². The molecule has 0 bridgehead atoms. The van der Waals surface area contributed by atoms with Gasteiger partial charge in [-0.15, -0.1) is 0 Å². The van der Waals surface area contributed by atoms with Gasteiger partial charge in [-0.05, 0) is 19.3 Å². The highest BCUT2D eigenvalue weighted by Gasteiger charge is 2.26. The van der Waals surface area contributed by atoms with Gasteiger partial charge >= 0.3 is 12.0 Å². The van der Waals surface area contributed by atoms with Gasteiger partial charge in [0.05, 0.1) is 6.10 Å². The zero-order chi connectivity index (χ0) is 13.7. The number of aliphatic carboxylic acids is 1. The molecule has 1 heterocycles. The van der Waals surface area contributed by atoms with Crippen molar-refractivity contribution in [2.24, 2.45) is 11.8 Å². The normalized spacial score (nSPS) is 24.9. The van der Waals surface area contributed by atoms with Gasteiger partial charge in [0, 0.05) is 19.1 Å². The number of nitrogens with one attached hydrogen (secondary N) is 2. The minimum Gasteiger partial charge on any atom is -0.480 e. The van der Waals surface area contributed by atoms with E-state index in [0.29, 0.717) is 12.5 Å². The van der Waals surface area contributed by atoms with Gasteiger partial charge in [-0.25, -0.2) is 9.59 Å². The summed E-state index contributed by atoms with van der Waals surface area (Å²) in [6, 6.07) is -1.29. The summed E-state index contributed by atoms with van der Waals surface area (Å²) in [5.41, 5.74) is 0. The lowest BCUT2D eigenvalue weighted by Crippen LogP contribution is -2.49. The van der Waals surface area contributed by atoms with Gasteiger partial charge in [-0.3, -0.25) is 0 Å². The van der Waals surface area contributed by atoms with Gasteiger partial charge in [0.15, 0.2) is 0 Å². The number of hydrogen-bond acceptors (Lipinski definition) is 3. The molecule has 18 heavy (non-hydrogen) atoms. The lowest BCUT2D eigenvalue weighted by atomic mass is 10.0. The van der Waals surface area contributed by atoms with E-state index in [1.54, 1.807) is 13.8 Å². The highest BCUT2D eigenvalue weighted by molar-refractivity contribution is 5.82. The molecule has 0 saturated carbocycles. The van der Waals surface area contributed by atoms with E-state index in [4.69, 9.17) is 9.84 Å². The molecule has 1 aliphatic rings. The Morgan fingerprint density at radius 1 is 1.44 bits per heavy atom. The van der Waals surface area contributed by atoms with Crippen molar-refractivity contribution in [2.75, 3.05) is 13.2 Å². The highest BCUT2D eigenvalue weighted by Crippen LogP contribution is 2.19. The van der Waals surface area contributed by atoms with Crippen LogP contribution >= 0.6 is 0 Å². The van der Waals surface area contributed by atoms with Crippen molar-refractivity contribution in [3.63, 3.8) is 0 Å². The molecule has 0 aromatic heterocycles. The molecule has 0 spiro atoms. The highest BCUT2D eigenvalue weighted by atomic mass is 16.5. The summed E-state index contributed by atoms with van der Waals surface area (Å²) in [6.07, 6.45) is 1.07. The minimum absolute atomic E-state index is 0.144. The predicted molar refractivity (Wildman–Crippen MR) is 66.3 cm³/mol. The first-order chi connectivity index (χ1) is 8.41. The van der Waals surface area contributed by atoms with Gasteiger partial charge in [0.1, 0.15) is 6.04 Å². The molecule has 3 atom stereocenters. The van der Waals surface area contributed by atoms with Crippen LogP contribution in [0, 0.1) is 11.8 Å². The first-order valence-electron chi connectivity index (χ1n) is 6.30. The van der Waals surface area contributed by atoms with Crippen molar-refractivity contribution in [1.29, 1.82) is 0 Å². The largest absolute Gasteiger partial charge is 0.480 e. The van der Waals surface area contributed by atoms with Crippen LogP contribution < -0.4 is 10.6 Å². The summed E-state index contributed by atoms with van der Waals surface area (Å²) in [4.78, 5) is 22.5. The van der Waals surface area contributed by atoms with Crippen molar-refractivity contribution in [3.8, 4) is 0 Å². The number of carbonyl (C=O) groups is 2. The van der Waals surface area contributed by atoms with Gasteiger partial charge in [0.2, 0.25) is 0 Å². The van der Waals surface area contributed by atoms with Crippen LogP contribution in [0.4, 0.5) is 4.79 Å². The topological polar surface area (TPSA) is 87.7 Å². The quantitative estimate of drug-likeness (QED) is 0.681. The van der Waals surface area contributed by atoms with E-state index in [2.05, 4.69) is 10.6 Å². The Hall–Kier alpha value is -1.30. The molecule has 2 unspecified atom stereocenters. The maximum Gasteiger partial charge on any atom is 0.326 e.